The monoisotopic (exact) mass is 184 g/mol. The fourth-order valence-corrected chi connectivity index (χ4v) is 1.46. The van der Waals surface area contributed by atoms with E-state index >= 15 is 0 Å². The summed E-state index contributed by atoms with van der Waals surface area (Å²) in [5.74, 6) is 0.359. The SMILES string of the molecule is CC(c1cccnc1)c1cccnc1. The second-order valence-electron chi connectivity index (χ2n) is 3.29. The molecule has 0 amide bonds. The Kier molecular flexibility index (Phi) is 2.54. The quantitative estimate of drug-likeness (QED) is 0.717. The molecule has 2 nitrogen and oxygen atoms in total. The molecule has 0 fully saturated rings. The van der Waals surface area contributed by atoms with Crippen molar-refractivity contribution < 1.29 is 0 Å². The molecule has 2 aromatic rings. The van der Waals surface area contributed by atoms with E-state index in [1.54, 1.807) is 12.4 Å². The van der Waals surface area contributed by atoms with Gasteiger partial charge in [-0.3, -0.25) is 9.97 Å². The van der Waals surface area contributed by atoms with E-state index in [0.29, 0.717) is 5.92 Å². The van der Waals surface area contributed by atoms with Crippen molar-refractivity contribution in [3.05, 3.63) is 60.2 Å². The van der Waals surface area contributed by atoms with Crippen LogP contribution in [0.15, 0.2) is 49.1 Å². The third-order valence-corrected chi connectivity index (χ3v) is 2.37. The molecule has 2 rings (SSSR count). The van der Waals surface area contributed by atoms with Crippen LogP contribution in [-0.4, -0.2) is 9.97 Å². The molecule has 0 aliphatic carbocycles. The van der Waals surface area contributed by atoms with Crippen LogP contribution in [0.3, 0.4) is 0 Å². The van der Waals surface area contributed by atoms with Gasteiger partial charge in [0.2, 0.25) is 0 Å². The Hall–Kier alpha value is -1.70. The van der Waals surface area contributed by atoms with Gasteiger partial charge in [-0.1, -0.05) is 19.1 Å². The second-order valence-corrected chi connectivity index (χ2v) is 3.29. The molecule has 0 aliphatic heterocycles. The van der Waals surface area contributed by atoms with E-state index in [9.17, 15) is 0 Å². The van der Waals surface area contributed by atoms with E-state index in [4.69, 9.17) is 0 Å². The summed E-state index contributed by atoms with van der Waals surface area (Å²) in [6.45, 7) is 2.16. The van der Waals surface area contributed by atoms with Crippen molar-refractivity contribution in [2.75, 3.05) is 0 Å². The number of hydrogen-bond donors (Lipinski definition) is 0. The van der Waals surface area contributed by atoms with Crippen molar-refractivity contribution in [2.24, 2.45) is 0 Å². The summed E-state index contributed by atoms with van der Waals surface area (Å²) in [6.07, 6.45) is 7.38. The van der Waals surface area contributed by atoms with Crippen LogP contribution in [0.25, 0.3) is 0 Å². The number of hydrogen-bond acceptors (Lipinski definition) is 2. The smallest absolute Gasteiger partial charge is 0.0305 e. The summed E-state index contributed by atoms with van der Waals surface area (Å²) >= 11 is 0. The Bertz CT molecular complexity index is 344. The normalized spacial score (nSPS) is 10.4. The Balaban J connectivity index is 2.30. The van der Waals surface area contributed by atoms with E-state index in [1.165, 1.54) is 11.1 Å². The van der Waals surface area contributed by atoms with Gasteiger partial charge in [-0.05, 0) is 23.3 Å². The number of pyridine rings is 2. The van der Waals surface area contributed by atoms with E-state index in [2.05, 4.69) is 29.0 Å². The zero-order valence-electron chi connectivity index (χ0n) is 8.09. The van der Waals surface area contributed by atoms with Crippen LogP contribution < -0.4 is 0 Å². The fraction of sp³-hybridized carbons (Fsp3) is 0.167. The van der Waals surface area contributed by atoms with Crippen molar-refractivity contribution in [2.45, 2.75) is 12.8 Å². The van der Waals surface area contributed by atoms with E-state index in [-0.39, 0.29) is 0 Å². The first-order valence-electron chi connectivity index (χ1n) is 4.68. The highest BCUT2D eigenvalue weighted by atomic mass is 14.6. The molecule has 0 unspecified atom stereocenters. The van der Waals surface area contributed by atoms with Crippen LogP contribution >= 0.6 is 0 Å². The zero-order valence-corrected chi connectivity index (χ0v) is 8.09. The van der Waals surface area contributed by atoms with Crippen molar-refractivity contribution in [1.82, 2.24) is 9.97 Å². The fourth-order valence-electron chi connectivity index (χ4n) is 1.46. The van der Waals surface area contributed by atoms with Gasteiger partial charge >= 0.3 is 0 Å². The lowest BCUT2D eigenvalue weighted by atomic mass is 9.96. The summed E-state index contributed by atoms with van der Waals surface area (Å²) in [5.41, 5.74) is 2.45. The van der Waals surface area contributed by atoms with Crippen LogP contribution in [0.1, 0.15) is 24.0 Å². The minimum atomic E-state index is 0.359. The number of aromatic nitrogens is 2. The van der Waals surface area contributed by atoms with Crippen molar-refractivity contribution in [1.29, 1.82) is 0 Å². The maximum atomic E-state index is 4.11. The topological polar surface area (TPSA) is 25.8 Å². The zero-order chi connectivity index (χ0) is 9.80. The molecule has 14 heavy (non-hydrogen) atoms. The lowest BCUT2D eigenvalue weighted by Crippen LogP contribution is -1.96. The molecule has 0 N–H and O–H groups in total. The van der Waals surface area contributed by atoms with Gasteiger partial charge in [-0.15, -0.1) is 0 Å². The van der Waals surface area contributed by atoms with Crippen molar-refractivity contribution >= 4 is 0 Å². The summed E-state index contributed by atoms with van der Waals surface area (Å²) < 4.78 is 0. The van der Waals surface area contributed by atoms with Gasteiger partial charge in [-0.2, -0.15) is 0 Å². The van der Waals surface area contributed by atoms with Crippen LogP contribution in [0.4, 0.5) is 0 Å². The summed E-state index contributed by atoms with van der Waals surface area (Å²) in [7, 11) is 0. The van der Waals surface area contributed by atoms with Crippen molar-refractivity contribution in [3.63, 3.8) is 0 Å². The van der Waals surface area contributed by atoms with Crippen LogP contribution in [-0.2, 0) is 0 Å². The van der Waals surface area contributed by atoms with Gasteiger partial charge in [0.05, 0.1) is 0 Å². The molecule has 0 saturated carbocycles. The number of rotatable bonds is 2. The van der Waals surface area contributed by atoms with Crippen molar-refractivity contribution in [3.8, 4) is 0 Å². The first kappa shape index (κ1) is 8.88. The van der Waals surface area contributed by atoms with Gasteiger partial charge in [0.1, 0.15) is 0 Å². The molecule has 0 bridgehead atoms. The van der Waals surface area contributed by atoms with Gasteiger partial charge in [0, 0.05) is 30.7 Å². The standard InChI is InChI=1S/C12H12N2/c1-10(11-4-2-6-13-8-11)12-5-3-7-14-9-12/h2-10H,1H3. The largest absolute Gasteiger partial charge is 0.264 e. The molecule has 0 atom stereocenters. The predicted octanol–water partition coefficient (Wildman–Crippen LogP) is 2.63. The van der Waals surface area contributed by atoms with Crippen LogP contribution in [0.5, 0.6) is 0 Å². The highest BCUT2D eigenvalue weighted by molar-refractivity contribution is 5.27. The molecule has 0 saturated heterocycles. The maximum absolute atomic E-state index is 4.11. The molecule has 0 aromatic carbocycles. The molecule has 0 aliphatic rings. The minimum absolute atomic E-state index is 0.359. The highest BCUT2D eigenvalue weighted by Gasteiger charge is 2.07. The van der Waals surface area contributed by atoms with Crippen LogP contribution in [0.2, 0.25) is 0 Å². The molecule has 70 valence electrons. The minimum Gasteiger partial charge on any atom is -0.264 e. The lowest BCUT2D eigenvalue weighted by molar-refractivity contribution is 0.901. The highest BCUT2D eigenvalue weighted by Crippen LogP contribution is 2.21. The molecular weight excluding hydrogens is 172 g/mol. The third kappa shape index (κ3) is 1.79. The van der Waals surface area contributed by atoms with Crippen LogP contribution in [0, 0.1) is 0 Å². The Morgan fingerprint density at radius 2 is 1.43 bits per heavy atom. The van der Waals surface area contributed by atoms with Gasteiger partial charge in [-0.25, -0.2) is 0 Å². The van der Waals surface area contributed by atoms with Gasteiger partial charge in [0.25, 0.3) is 0 Å². The second kappa shape index (κ2) is 4.01. The average Bonchev–Trinajstić information content (AvgIpc) is 2.30. The number of nitrogens with zero attached hydrogens (tertiary/aromatic N) is 2. The summed E-state index contributed by atoms with van der Waals surface area (Å²) in [6, 6.07) is 8.10. The molecule has 0 radical (unpaired) electrons. The molecule has 2 heteroatoms. The third-order valence-electron chi connectivity index (χ3n) is 2.37. The maximum Gasteiger partial charge on any atom is 0.0305 e. The van der Waals surface area contributed by atoms with Gasteiger partial charge < -0.3 is 0 Å². The Morgan fingerprint density at radius 1 is 0.929 bits per heavy atom. The van der Waals surface area contributed by atoms with E-state index in [0.717, 1.165) is 0 Å². The van der Waals surface area contributed by atoms with E-state index in [1.807, 2.05) is 24.5 Å². The first-order chi connectivity index (χ1) is 6.88. The average molecular weight is 184 g/mol. The Morgan fingerprint density at radius 3 is 1.79 bits per heavy atom. The first-order valence-corrected chi connectivity index (χ1v) is 4.68. The van der Waals surface area contributed by atoms with Gasteiger partial charge in [0.15, 0.2) is 0 Å². The lowest BCUT2D eigenvalue weighted by Gasteiger charge is -2.10. The molecule has 2 aromatic heterocycles. The molecule has 0 spiro atoms. The summed E-state index contributed by atoms with van der Waals surface area (Å²) in [4.78, 5) is 8.22. The molecular formula is C12H12N2. The predicted molar refractivity (Wildman–Crippen MR) is 56.0 cm³/mol. The van der Waals surface area contributed by atoms with E-state index < -0.39 is 0 Å². The molecule has 2 heterocycles. The Labute approximate surface area is 83.7 Å². The summed E-state index contributed by atoms with van der Waals surface area (Å²) in [5, 5.41) is 0.